The van der Waals surface area contributed by atoms with Gasteiger partial charge in [-0.25, -0.2) is 41.7 Å². The standard InChI is InChI=1S/C24H23ClN6O3S.C17H14ClN3O4S.C17H14ClN3O2.CH4/c1-13-5-22(26)31-14(2)20(13)12-30-24(32)16-3-4-28-19(10-16)7-15-6-17-9-18(25)11-29-23(17)21(8-15)35(27,33)34;1-25-17(22)11-2-3-20-14(8-11)5-10-4-12-7-13(18)9-21-16(12)15(6-10)26(19,23)24;1-23-17(22)11-2-3-20-14(8-11)5-10-4-12-7-13(18)9-21-16(12)15(19)6-10;/h3-6,8-11H,7,12H2,1-2H3,(H2,26,31)(H,30,32)(H2,27,33,34);2-4,6-9H,5H2,1H3,(H2,19,23,24);2-4,6-9H,5,19H2,1H3;1H4. The molecule has 0 aliphatic heterocycles. The number of hydrogen-bond acceptors (Lipinski definition) is 18. The highest BCUT2D eigenvalue weighted by molar-refractivity contribution is 7.89. The molecular formula is C59H55Cl3N12O9S2. The molecule has 0 fully saturated rings. The molecule has 9 N–H and O–H groups in total. The van der Waals surface area contributed by atoms with Crippen LogP contribution in [0.5, 0.6) is 0 Å². The Labute approximate surface area is 504 Å². The Morgan fingerprint density at radius 2 is 0.918 bits per heavy atom. The topological polar surface area (TPSA) is 344 Å². The van der Waals surface area contributed by atoms with Gasteiger partial charge in [-0.05, 0) is 139 Å². The number of fused-ring (bicyclic) bond motifs is 3. The van der Waals surface area contributed by atoms with Crippen LogP contribution in [0.2, 0.25) is 15.1 Å². The number of halogens is 3. The predicted molar refractivity (Wildman–Crippen MR) is 327 cm³/mol. The van der Waals surface area contributed by atoms with Crippen molar-refractivity contribution in [3.63, 3.8) is 0 Å². The molecule has 0 unspecified atom stereocenters. The summed E-state index contributed by atoms with van der Waals surface area (Å²) in [5, 5.41) is 16.9. The van der Waals surface area contributed by atoms with Gasteiger partial charge in [0.05, 0.1) is 62.7 Å². The van der Waals surface area contributed by atoms with Crippen LogP contribution >= 0.6 is 34.8 Å². The van der Waals surface area contributed by atoms with Gasteiger partial charge in [0.15, 0.2) is 0 Å². The summed E-state index contributed by atoms with van der Waals surface area (Å²) in [6.07, 6.45) is 10.0. The number of hydrogen-bond donors (Lipinski definition) is 5. The molecule has 0 atom stereocenters. The van der Waals surface area contributed by atoms with Gasteiger partial charge in [-0.15, -0.1) is 0 Å². The minimum Gasteiger partial charge on any atom is -0.465 e. The fraction of sp³-hybridized carbons (Fsp3) is 0.153. The van der Waals surface area contributed by atoms with Crippen molar-refractivity contribution in [3.05, 3.63) is 217 Å². The van der Waals surface area contributed by atoms with Crippen molar-refractivity contribution in [1.29, 1.82) is 0 Å². The first-order chi connectivity index (χ1) is 39.8. The van der Waals surface area contributed by atoms with Crippen LogP contribution in [0.25, 0.3) is 32.7 Å². The lowest BCUT2D eigenvalue weighted by Crippen LogP contribution is -2.24. The third-order valence-electron chi connectivity index (χ3n) is 12.7. The van der Waals surface area contributed by atoms with E-state index in [2.05, 4.69) is 40.2 Å². The monoisotopic (exact) mass is 1240 g/mol. The van der Waals surface area contributed by atoms with Gasteiger partial charge >= 0.3 is 11.9 Å². The van der Waals surface area contributed by atoms with Gasteiger partial charge in [-0.1, -0.05) is 42.2 Å². The molecular weight excluding hydrogens is 1190 g/mol. The van der Waals surface area contributed by atoms with E-state index in [0.717, 1.165) is 39.0 Å². The summed E-state index contributed by atoms with van der Waals surface area (Å²) in [6.45, 7) is 4.06. The first kappa shape index (κ1) is 63.8. The van der Waals surface area contributed by atoms with E-state index >= 15 is 0 Å². The fourth-order valence-corrected chi connectivity index (χ4v) is 11.0. The number of carbonyl (C=O) groups excluding carboxylic acids is 3. The van der Waals surface area contributed by atoms with Crippen molar-refractivity contribution >= 4 is 117 Å². The van der Waals surface area contributed by atoms with Gasteiger partial charge in [-0.3, -0.25) is 34.7 Å². The Bertz CT molecular complexity index is 4440. The number of nitrogen functional groups attached to an aromatic ring is 2. The molecule has 438 valence electrons. The summed E-state index contributed by atoms with van der Waals surface area (Å²) in [4.78, 5) is 65.4. The number of rotatable bonds is 13. The van der Waals surface area contributed by atoms with Gasteiger partial charge in [-0.2, -0.15) is 0 Å². The summed E-state index contributed by atoms with van der Waals surface area (Å²) in [6, 6.07) is 26.8. The quantitative estimate of drug-likeness (QED) is 0.0530. The smallest absolute Gasteiger partial charge is 0.337 e. The zero-order valence-electron chi connectivity index (χ0n) is 45.1. The van der Waals surface area contributed by atoms with E-state index in [-0.39, 0.29) is 53.0 Å². The number of nitrogens with two attached hydrogens (primary N) is 4. The van der Waals surface area contributed by atoms with E-state index in [1.165, 1.54) is 57.2 Å². The third-order valence-corrected chi connectivity index (χ3v) is 15.2. The van der Waals surface area contributed by atoms with Crippen molar-refractivity contribution in [2.75, 3.05) is 25.7 Å². The van der Waals surface area contributed by atoms with E-state index in [9.17, 15) is 31.2 Å². The number of esters is 2. The predicted octanol–water partition coefficient (Wildman–Crippen LogP) is 9.23. The minimum absolute atomic E-state index is 0. The zero-order chi connectivity index (χ0) is 60.6. The Morgan fingerprint density at radius 3 is 1.33 bits per heavy atom. The van der Waals surface area contributed by atoms with Crippen molar-refractivity contribution in [1.82, 2.24) is 40.2 Å². The second kappa shape index (κ2) is 27.3. The van der Waals surface area contributed by atoms with Crippen LogP contribution in [-0.4, -0.2) is 83.8 Å². The van der Waals surface area contributed by atoms with Crippen LogP contribution < -0.4 is 27.1 Å². The number of benzene rings is 3. The van der Waals surface area contributed by atoms with Gasteiger partial charge in [0.25, 0.3) is 5.91 Å². The maximum Gasteiger partial charge on any atom is 0.337 e. The molecule has 1 amide bonds. The number of carbonyl (C=O) groups is 3. The minimum atomic E-state index is -4.03. The highest BCUT2D eigenvalue weighted by Crippen LogP contribution is 2.29. The number of aromatic nitrogens is 7. The largest absolute Gasteiger partial charge is 0.465 e. The highest BCUT2D eigenvalue weighted by atomic mass is 35.5. The summed E-state index contributed by atoms with van der Waals surface area (Å²) in [5.74, 6) is -0.703. The summed E-state index contributed by atoms with van der Waals surface area (Å²) in [5.41, 5.74) is 21.6. The molecule has 10 rings (SSSR count). The molecule has 0 bridgehead atoms. The SMILES string of the molecule is C.COC(=O)c1ccnc(Cc2cc(N)c3ncc(Cl)cc3c2)c1.COC(=O)c1ccnc(Cc2cc(S(N)(=O)=O)c3ncc(Cl)cc3c2)c1.Cc1cc(N)nc(C)c1CNC(=O)c1ccnc(Cc2cc(S(N)(=O)=O)c3ncc(Cl)cc3c2)c1. The number of sulfonamides is 2. The van der Waals surface area contributed by atoms with Gasteiger partial charge < -0.3 is 26.3 Å². The van der Waals surface area contributed by atoms with E-state index < -0.39 is 26.0 Å². The van der Waals surface area contributed by atoms with Crippen LogP contribution in [0.15, 0.2) is 144 Å². The average Bonchev–Trinajstić information content (AvgIpc) is 2.26. The molecule has 0 aliphatic carbocycles. The highest BCUT2D eigenvalue weighted by Gasteiger charge is 2.20. The molecule has 0 saturated carbocycles. The Morgan fingerprint density at radius 1 is 0.529 bits per heavy atom. The average molecular weight is 1250 g/mol. The van der Waals surface area contributed by atoms with Crippen LogP contribution in [0, 0.1) is 13.8 Å². The first-order valence-corrected chi connectivity index (χ1v) is 29.2. The fourth-order valence-electron chi connectivity index (χ4n) is 8.96. The van der Waals surface area contributed by atoms with Crippen LogP contribution in [-0.2, 0) is 55.3 Å². The Balaban J connectivity index is 0.000000186. The molecule has 26 heteroatoms. The lowest BCUT2D eigenvalue weighted by atomic mass is 10.0. The molecule has 0 saturated heterocycles. The normalized spacial score (nSPS) is 11.2. The van der Waals surface area contributed by atoms with E-state index in [1.807, 2.05) is 32.0 Å². The number of methoxy groups -OCH3 is 2. The molecule has 85 heavy (non-hydrogen) atoms. The number of amides is 1. The Kier molecular flexibility index (Phi) is 20.5. The number of aryl methyl sites for hydroxylation is 2. The number of nitrogens with one attached hydrogen (secondary N) is 1. The first-order valence-electron chi connectivity index (χ1n) is 24.9. The van der Waals surface area contributed by atoms with E-state index in [1.54, 1.807) is 73.1 Å². The number of nitrogens with zero attached hydrogens (tertiary/aromatic N) is 7. The molecule has 10 aromatic rings. The molecule has 0 spiro atoms. The summed E-state index contributed by atoms with van der Waals surface area (Å²) >= 11 is 18.0. The van der Waals surface area contributed by atoms with Crippen LogP contribution in [0.3, 0.4) is 0 Å². The summed E-state index contributed by atoms with van der Waals surface area (Å²) < 4.78 is 57.6. The molecule has 7 heterocycles. The van der Waals surface area contributed by atoms with Crippen molar-refractivity contribution in [3.8, 4) is 0 Å². The van der Waals surface area contributed by atoms with Crippen molar-refractivity contribution in [2.24, 2.45) is 10.3 Å². The molecule has 0 radical (unpaired) electrons. The zero-order valence-corrected chi connectivity index (χ0v) is 49.0. The molecule has 3 aromatic carbocycles. The van der Waals surface area contributed by atoms with E-state index in [0.29, 0.717) is 89.5 Å². The molecule has 7 aromatic heterocycles. The maximum atomic E-state index is 12.8. The molecule has 21 nitrogen and oxygen atoms in total. The number of anilines is 2. The van der Waals surface area contributed by atoms with Crippen LogP contribution in [0.1, 0.15) is 89.1 Å². The Hall–Kier alpha value is -8.81. The second-order valence-corrected chi connectivity index (χ2v) is 23.2. The van der Waals surface area contributed by atoms with Crippen molar-refractivity contribution < 1.29 is 40.7 Å². The summed E-state index contributed by atoms with van der Waals surface area (Å²) in [7, 11) is -5.37. The lowest BCUT2D eigenvalue weighted by molar-refractivity contribution is 0.0591. The van der Waals surface area contributed by atoms with Gasteiger partial charge in [0.1, 0.15) is 15.6 Å². The maximum absolute atomic E-state index is 12.8. The second-order valence-electron chi connectivity index (χ2n) is 18.9. The van der Waals surface area contributed by atoms with Gasteiger partial charge in [0, 0.05) is 107 Å². The molecule has 0 aliphatic rings. The third kappa shape index (κ3) is 16.3. The van der Waals surface area contributed by atoms with Crippen molar-refractivity contribution in [2.45, 2.75) is 56.9 Å². The number of ether oxygens (including phenoxy) is 2. The lowest BCUT2D eigenvalue weighted by Gasteiger charge is -2.12. The number of primary sulfonamides is 2. The van der Waals surface area contributed by atoms with Crippen LogP contribution in [0.4, 0.5) is 11.5 Å². The number of pyridine rings is 7. The van der Waals surface area contributed by atoms with Gasteiger partial charge in [0.2, 0.25) is 20.0 Å². The van der Waals surface area contributed by atoms with E-state index in [4.69, 9.17) is 66.0 Å².